The molecule has 0 N–H and O–H groups in total. The van der Waals surface area contributed by atoms with Gasteiger partial charge in [0.1, 0.15) is 12.6 Å². The highest BCUT2D eigenvalue weighted by Gasteiger charge is 2.44. The smallest absolute Gasteiger partial charge is 0.246 e. The third kappa shape index (κ3) is 2.43. The minimum absolute atomic E-state index is 0.148. The molecule has 20 heavy (non-hydrogen) atoms. The monoisotopic (exact) mass is 279 g/mol. The van der Waals surface area contributed by atoms with E-state index in [0.29, 0.717) is 6.54 Å². The molecule has 0 radical (unpaired) electrons. The normalized spacial score (nSPS) is 29.1. The van der Waals surface area contributed by atoms with Crippen LogP contribution in [0.3, 0.4) is 0 Å². The number of hydrogen-bond donors (Lipinski definition) is 0. The van der Waals surface area contributed by atoms with Gasteiger partial charge in [-0.1, -0.05) is 6.92 Å². The number of piperazine rings is 1. The largest absolute Gasteiger partial charge is 0.329 e. The summed E-state index contributed by atoms with van der Waals surface area (Å²) in [5.74, 6) is 0.360. The van der Waals surface area contributed by atoms with Gasteiger partial charge in [0.25, 0.3) is 0 Å². The highest BCUT2D eigenvalue weighted by molar-refractivity contribution is 5.95. The van der Waals surface area contributed by atoms with E-state index in [1.54, 1.807) is 4.90 Å². The van der Waals surface area contributed by atoms with Gasteiger partial charge < -0.3 is 14.7 Å². The maximum Gasteiger partial charge on any atom is 0.246 e. The zero-order valence-electron chi connectivity index (χ0n) is 12.4. The number of amides is 2. The van der Waals surface area contributed by atoms with Crippen LogP contribution in [0.15, 0.2) is 0 Å². The van der Waals surface area contributed by atoms with Crippen LogP contribution >= 0.6 is 0 Å². The van der Waals surface area contributed by atoms with E-state index in [2.05, 4.69) is 11.8 Å². The Morgan fingerprint density at radius 2 is 1.80 bits per heavy atom. The van der Waals surface area contributed by atoms with E-state index in [0.717, 1.165) is 51.9 Å². The second-order valence-corrected chi connectivity index (χ2v) is 6.28. The van der Waals surface area contributed by atoms with E-state index in [9.17, 15) is 9.59 Å². The van der Waals surface area contributed by atoms with Crippen molar-refractivity contribution >= 4 is 11.8 Å². The van der Waals surface area contributed by atoms with Gasteiger partial charge in [0.05, 0.1) is 0 Å². The van der Waals surface area contributed by atoms with Gasteiger partial charge in [0, 0.05) is 25.7 Å². The molecule has 0 aliphatic carbocycles. The van der Waals surface area contributed by atoms with Crippen molar-refractivity contribution in [2.75, 3.05) is 32.7 Å². The fourth-order valence-corrected chi connectivity index (χ4v) is 3.91. The van der Waals surface area contributed by atoms with Gasteiger partial charge in [-0.05, 0) is 38.6 Å². The standard InChI is InChI=1S/C15H25N3O2/c1-2-7-16-9-5-12(6-10-16)18-11-14(19)17-8-3-4-13(17)15(18)20/h12-13H,2-11H2,1H3. The van der Waals surface area contributed by atoms with Crippen LogP contribution in [0.25, 0.3) is 0 Å². The summed E-state index contributed by atoms with van der Waals surface area (Å²) in [5.41, 5.74) is 0. The van der Waals surface area contributed by atoms with Crippen LogP contribution in [0.2, 0.25) is 0 Å². The molecule has 112 valence electrons. The molecule has 0 aromatic carbocycles. The Kier molecular flexibility index (Phi) is 3.96. The molecule has 3 rings (SSSR count). The van der Waals surface area contributed by atoms with E-state index in [-0.39, 0.29) is 23.9 Å². The molecule has 1 unspecified atom stereocenters. The van der Waals surface area contributed by atoms with Crippen LogP contribution in [-0.4, -0.2) is 71.3 Å². The Morgan fingerprint density at radius 3 is 2.50 bits per heavy atom. The molecule has 1 atom stereocenters. The Balaban J connectivity index is 1.63. The van der Waals surface area contributed by atoms with Gasteiger partial charge in [0.15, 0.2) is 0 Å². The van der Waals surface area contributed by atoms with Crippen molar-refractivity contribution in [3.8, 4) is 0 Å². The SMILES string of the molecule is CCCN1CCC(N2CC(=O)N3CCCC3C2=O)CC1. The number of carbonyl (C=O) groups is 2. The Labute approximate surface area is 120 Å². The molecule has 3 heterocycles. The zero-order valence-corrected chi connectivity index (χ0v) is 12.4. The lowest BCUT2D eigenvalue weighted by atomic mass is 10.00. The lowest BCUT2D eigenvalue weighted by Crippen LogP contribution is -2.61. The third-order valence-electron chi connectivity index (χ3n) is 4.98. The summed E-state index contributed by atoms with van der Waals surface area (Å²) in [7, 11) is 0. The minimum Gasteiger partial charge on any atom is -0.329 e. The first-order valence-corrected chi connectivity index (χ1v) is 8.03. The first-order chi connectivity index (χ1) is 9.70. The molecule has 0 spiro atoms. The van der Waals surface area contributed by atoms with E-state index in [1.165, 1.54) is 6.42 Å². The number of hydrogen-bond acceptors (Lipinski definition) is 3. The van der Waals surface area contributed by atoms with Crippen LogP contribution < -0.4 is 0 Å². The number of rotatable bonds is 3. The number of fused-ring (bicyclic) bond motifs is 1. The Hall–Kier alpha value is -1.10. The van der Waals surface area contributed by atoms with Crippen LogP contribution in [0.5, 0.6) is 0 Å². The molecule has 3 fully saturated rings. The van der Waals surface area contributed by atoms with Gasteiger partial charge in [-0.15, -0.1) is 0 Å². The number of nitrogens with zero attached hydrogens (tertiary/aromatic N) is 3. The molecule has 3 saturated heterocycles. The molecule has 0 aromatic rings. The summed E-state index contributed by atoms with van der Waals surface area (Å²) in [6.45, 7) is 6.56. The second-order valence-electron chi connectivity index (χ2n) is 6.28. The second kappa shape index (κ2) is 5.72. The average molecular weight is 279 g/mol. The maximum atomic E-state index is 12.6. The summed E-state index contributed by atoms with van der Waals surface area (Å²) in [6.07, 6.45) is 5.06. The highest BCUT2D eigenvalue weighted by Crippen LogP contribution is 2.27. The van der Waals surface area contributed by atoms with E-state index < -0.39 is 0 Å². The molecule has 2 amide bonds. The Bertz CT molecular complexity index is 391. The van der Waals surface area contributed by atoms with Crippen molar-refractivity contribution in [1.29, 1.82) is 0 Å². The van der Waals surface area contributed by atoms with Gasteiger partial charge >= 0.3 is 0 Å². The average Bonchev–Trinajstić information content (AvgIpc) is 2.94. The van der Waals surface area contributed by atoms with E-state index >= 15 is 0 Å². The van der Waals surface area contributed by atoms with Crippen molar-refractivity contribution in [3.63, 3.8) is 0 Å². The van der Waals surface area contributed by atoms with Gasteiger partial charge in [-0.3, -0.25) is 9.59 Å². The summed E-state index contributed by atoms with van der Waals surface area (Å²) < 4.78 is 0. The predicted octanol–water partition coefficient (Wildman–Crippen LogP) is 0.694. The lowest BCUT2D eigenvalue weighted by molar-refractivity contribution is -0.156. The Morgan fingerprint density at radius 1 is 1.05 bits per heavy atom. The summed E-state index contributed by atoms with van der Waals surface area (Å²) in [4.78, 5) is 30.9. The fourth-order valence-electron chi connectivity index (χ4n) is 3.91. The predicted molar refractivity (Wildman–Crippen MR) is 76.2 cm³/mol. The topological polar surface area (TPSA) is 43.9 Å². The van der Waals surface area contributed by atoms with Crippen LogP contribution in [0, 0.1) is 0 Å². The summed E-state index contributed by atoms with van der Waals surface area (Å²) in [5, 5.41) is 0. The van der Waals surface area contributed by atoms with Crippen molar-refractivity contribution in [2.24, 2.45) is 0 Å². The van der Waals surface area contributed by atoms with Crippen LogP contribution in [0.1, 0.15) is 39.0 Å². The molecule has 5 nitrogen and oxygen atoms in total. The van der Waals surface area contributed by atoms with Crippen LogP contribution in [0.4, 0.5) is 0 Å². The van der Waals surface area contributed by atoms with Crippen molar-refractivity contribution < 1.29 is 9.59 Å². The van der Waals surface area contributed by atoms with Crippen molar-refractivity contribution in [3.05, 3.63) is 0 Å². The minimum atomic E-state index is -0.148. The van der Waals surface area contributed by atoms with E-state index in [1.807, 2.05) is 4.90 Å². The van der Waals surface area contributed by atoms with Gasteiger partial charge in [-0.2, -0.15) is 0 Å². The molecular weight excluding hydrogens is 254 g/mol. The first kappa shape index (κ1) is 13.9. The third-order valence-corrected chi connectivity index (χ3v) is 4.98. The molecule has 0 bridgehead atoms. The highest BCUT2D eigenvalue weighted by atomic mass is 16.2. The molecule has 0 aromatic heterocycles. The van der Waals surface area contributed by atoms with Crippen molar-refractivity contribution in [2.45, 2.75) is 51.1 Å². The molecular formula is C15H25N3O2. The van der Waals surface area contributed by atoms with Gasteiger partial charge in [-0.25, -0.2) is 0 Å². The number of carbonyl (C=O) groups excluding carboxylic acids is 2. The van der Waals surface area contributed by atoms with Gasteiger partial charge in [0.2, 0.25) is 11.8 Å². The molecule has 3 aliphatic rings. The number of likely N-dealkylation sites (tertiary alicyclic amines) is 1. The fraction of sp³-hybridized carbons (Fsp3) is 0.867. The summed E-state index contributed by atoms with van der Waals surface area (Å²) in [6, 6.07) is 0.132. The maximum absolute atomic E-state index is 12.6. The quantitative estimate of drug-likeness (QED) is 0.763. The molecule has 0 saturated carbocycles. The first-order valence-electron chi connectivity index (χ1n) is 8.03. The number of piperidine rings is 1. The van der Waals surface area contributed by atoms with Crippen molar-refractivity contribution in [1.82, 2.24) is 14.7 Å². The lowest BCUT2D eigenvalue weighted by Gasteiger charge is -2.43. The van der Waals surface area contributed by atoms with E-state index in [4.69, 9.17) is 0 Å². The van der Waals surface area contributed by atoms with Crippen LogP contribution in [-0.2, 0) is 9.59 Å². The molecule has 5 heteroatoms. The molecule has 3 aliphatic heterocycles. The summed E-state index contributed by atoms with van der Waals surface area (Å²) >= 11 is 0. The zero-order chi connectivity index (χ0) is 14.1.